The van der Waals surface area contributed by atoms with E-state index in [0.717, 1.165) is 42.2 Å². The van der Waals surface area contributed by atoms with Gasteiger partial charge in [-0.1, -0.05) is 37.5 Å². The molecule has 2 aliphatic rings. The van der Waals surface area contributed by atoms with Crippen LogP contribution in [0.15, 0.2) is 46.8 Å². The predicted molar refractivity (Wildman–Crippen MR) is 140 cm³/mol. The molecule has 1 fully saturated rings. The number of carbonyl (C=O) groups excluding carboxylic acids is 1. The molecule has 204 valence electrons. The van der Waals surface area contributed by atoms with Gasteiger partial charge in [0.2, 0.25) is 6.29 Å². The van der Waals surface area contributed by atoms with Crippen molar-refractivity contribution in [3.63, 3.8) is 0 Å². The largest absolute Gasteiger partial charge is 0.464 e. The lowest BCUT2D eigenvalue weighted by Crippen LogP contribution is -2.43. The van der Waals surface area contributed by atoms with E-state index < -0.39 is 6.29 Å². The molecule has 0 radical (unpaired) electrons. The van der Waals surface area contributed by atoms with Crippen LogP contribution in [-0.4, -0.2) is 74.9 Å². The summed E-state index contributed by atoms with van der Waals surface area (Å²) in [5.74, 6) is 0.0410. The van der Waals surface area contributed by atoms with Crippen LogP contribution in [0.3, 0.4) is 0 Å². The Hall–Kier alpha value is -2.39. The number of hydrogen-bond donors (Lipinski definition) is 1. The lowest BCUT2D eigenvalue weighted by atomic mass is 9.81. The second-order valence-electron chi connectivity index (χ2n) is 9.79. The summed E-state index contributed by atoms with van der Waals surface area (Å²) in [7, 11) is 1.89. The number of aliphatic hydroxyl groups excluding tert-OH is 1. The molecule has 0 spiro atoms. The van der Waals surface area contributed by atoms with Crippen LogP contribution in [-0.2, 0) is 23.7 Å². The first-order chi connectivity index (χ1) is 18.1. The molecule has 37 heavy (non-hydrogen) atoms. The summed E-state index contributed by atoms with van der Waals surface area (Å²) < 4.78 is 29.3. The topological polar surface area (TPSA) is 90.6 Å². The van der Waals surface area contributed by atoms with Gasteiger partial charge < -0.3 is 33.4 Å². The van der Waals surface area contributed by atoms with Gasteiger partial charge in [0.1, 0.15) is 5.58 Å². The van der Waals surface area contributed by atoms with E-state index in [2.05, 4.69) is 6.07 Å². The van der Waals surface area contributed by atoms with Gasteiger partial charge in [-0.15, -0.1) is 0 Å². The third kappa shape index (κ3) is 6.93. The van der Waals surface area contributed by atoms with Crippen molar-refractivity contribution < 1.29 is 33.3 Å². The van der Waals surface area contributed by atoms with Crippen molar-refractivity contribution in [3.05, 3.63) is 47.9 Å². The van der Waals surface area contributed by atoms with Gasteiger partial charge in [-0.3, -0.25) is 4.79 Å². The Bertz CT molecular complexity index is 1010. The van der Waals surface area contributed by atoms with Gasteiger partial charge in [0, 0.05) is 49.1 Å². The number of para-hydroxylation sites is 1. The second-order valence-corrected chi connectivity index (χ2v) is 9.79. The second kappa shape index (κ2) is 14.0. The van der Waals surface area contributed by atoms with Crippen molar-refractivity contribution in [2.75, 3.05) is 46.7 Å². The summed E-state index contributed by atoms with van der Waals surface area (Å²) in [6.07, 6.45) is 9.45. The highest BCUT2D eigenvalue weighted by molar-refractivity contribution is 5.92. The van der Waals surface area contributed by atoms with Crippen molar-refractivity contribution in [2.24, 2.45) is 5.92 Å². The van der Waals surface area contributed by atoms with E-state index in [1.54, 1.807) is 6.26 Å². The quantitative estimate of drug-likeness (QED) is 0.390. The standard InChI is InChI=1S/C29H41NO7/c1-3-35-29-23(13-15-33-17-18-34-16-14-31)24(25-20-36-26-12-8-7-11-22(25)26)19-27(37-29)28(32)30(2)21-9-5-4-6-10-21/h7-8,11-12,19-21,23-24,29,31H,3-6,9-10,13-18H2,1-2H3/t23-,24-,29+/m1/s1. The van der Waals surface area contributed by atoms with Gasteiger partial charge in [-0.25, -0.2) is 0 Å². The minimum Gasteiger partial charge on any atom is -0.464 e. The number of likely N-dealkylation sites (N-methyl/N-ethyl adjacent to an activating group) is 1. The highest BCUT2D eigenvalue weighted by atomic mass is 16.7. The maximum absolute atomic E-state index is 13.6. The fourth-order valence-electron chi connectivity index (χ4n) is 5.46. The maximum atomic E-state index is 13.6. The highest BCUT2D eigenvalue weighted by Crippen LogP contribution is 2.42. The molecule has 1 N–H and O–H groups in total. The minimum atomic E-state index is -0.582. The molecule has 1 aromatic heterocycles. The fraction of sp³-hybridized carbons (Fsp3) is 0.621. The van der Waals surface area contributed by atoms with Gasteiger partial charge in [-0.05, 0) is 38.3 Å². The van der Waals surface area contributed by atoms with E-state index in [-0.39, 0.29) is 30.4 Å². The van der Waals surface area contributed by atoms with Crippen LogP contribution in [0, 0.1) is 5.92 Å². The van der Waals surface area contributed by atoms with Crippen LogP contribution in [0.1, 0.15) is 56.9 Å². The van der Waals surface area contributed by atoms with Crippen LogP contribution in [0.25, 0.3) is 11.0 Å². The van der Waals surface area contributed by atoms with Gasteiger partial charge >= 0.3 is 0 Å². The number of aliphatic hydroxyl groups is 1. The molecule has 1 saturated carbocycles. The number of ether oxygens (including phenoxy) is 4. The summed E-state index contributed by atoms with van der Waals surface area (Å²) in [6, 6.07) is 8.20. The molecule has 3 atom stereocenters. The number of furan rings is 1. The molecule has 2 heterocycles. The van der Waals surface area contributed by atoms with Crippen molar-refractivity contribution in [1.82, 2.24) is 4.90 Å². The Balaban J connectivity index is 1.58. The summed E-state index contributed by atoms with van der Waals surface area (Å²) >= 11 is 0. The number of allylic oxidation sites excluding steroid dienone is 1. The van der Waals surface area contributed by atoms with Crippen LogP contribution in [0.5, 0.6) is 0 Å². The van der Waals surface area contributed by atoms with E-state index >= 15 is 0 Å². The first-order valence-corrected chi connectivity index (χ1v) is 13.6. The Labute approximate surface area is 219 Å². The van der Waals surface area contributed by atoms with Crippen molar-refractivity contribution in [2.45, 2.75) is 63.7 Å². The number of fused-ring (bicyclic) bond motifs is 1. The van der Waals surface area contributed by atoms with E-state index in [9.17, 15) is 4.79 Å². The average Bonchev–Trinajstić information content (AvgIpc) is 3.37. The van der Waals surface area contributed by atoms with Crippen LogP contribution in [0.4, 0.5) is 0 Å². The molecule has 8 nitrogen and oxygen atoms in total. The zero-order chi connectivity index (χ0) is 26.0. The van der Waals surface area contributed by atoms with Crippen LogP contribution >= 0.6 is 0 Å². The number of nitrogens with zero attached hydrogens (tertiary/aromatic N) is 1. The third-order valence-corrected chi connectivity index (χ3v) is 7.44. The Morgan fingerprint density at radius 2 is 1.84 bits per heavy atom. The molecule has 0 unspecified atom stereocenters. The monoisotopic (exact) mass is 515 g/mol. The minimum absolute atomic E-state index is 0.000883. The zero-order valence-corrected chi connectivity index (χ0v) is 22.1. The van der Waals surface area contributed by atoms with Crippen molar-refractivity contribution in [3.8, 4) is 0 Å². The summed E-state index contributed by atoms with van der Waals surface area (Å²) in [4.78, 5) is 15.5. The smallest absolute Gasteiger partial charge is 0.288 e. The third-order valence-electron chi connectivity index (χ3n) is 7.44. The van der Waals surface area contributed by atoms with Gasteiger partial charge in [0.25, 0.3) is 5.91 Å². The molecule has 2 aromatic rings. The predicted octanol–water partition coefficient (Wildman–Crippen LogP) is 4.62. The molecule has 4 rings (SSSR count). The Kier molecular flexibility index (Phi) is 10.4. The molecule has 1 aromatic carbocycles. The van der Waals surface area contributed by atoms with Gasteiger partial charge in [-0.2, -0.15) is 0 Å². The summed E-state index contributed by atoms with van der Waals surface area (Å²) in [5.41, 5.74) is 1.83. The number of hydrogen-bond acceptors (Lipinski definition) is 7. The molecular formula is C29H41NO7. The van der Waals surface area contributed by atoms with Gasteiger partial charge in [0.15, 0.2) is 5.76 Å². The highest BCUT2D eigenvalue weighted by Gasteiger charge is 2.40. The fourth-order valence-corrected chi connectivity index (χ4v) is 5.46. The van der Waals surface area contributed by atoms with E-state index in [0.29, 0.717) is 45.2 Å². The number of benzene rings is 1. The van der Waals surface area contributed by atoms with E-state index in [1.807, 2.05) is 43.1 Å². The number of rotatable bonds is 13. The van der Waals surface area contributed by atoms with E-state index in [1.165, 1.54) is 6.42 Å². The lowest BCUT2D eigenvalue weighted by Gasteiger charge is -2.38. The van der Waals surface area contributed by atoms with Crippen molar-refractivity contribution >= 4 is 16.9 Å². The van der Waals surface area contributed by atoms with Gasteiger partial charge in [0.05, 0.1) is 32.7 Å². The first-order valence-electron chi connectivity index (χ1n) is 13.6. The molecule has 1 amide bonds. The maximum Gasteiger partial charge on any atom is 0.288 e. The molecule has 1 aliphatic heterocycles. The molecule has 8 heteroatoms. The number of amides is 1. The Morgan fingerprint density at radius 3 is 2.59 bits per heavy atom. The Morgan fingerprint density at radius 1 is 1.08 bits per heavy atom. The first kappa shape index (κ1) is 27.6. The van der Waals surface area contributed by atoms with E-state index in [4.69, 9.17) is 28.5 Å². The molecular weight excluding hydrogens is 474 g/mol. The van der Waals surface area contributed by atoms with Crippen LogP contribution < -0.4 is 0 Å². The molecule has 0 bridgehead atoms. The van der Waals surface area contributed by atoms with Crippen molar-refractivity contribution in [1.29, 1.82) is 0 Å². The summed E-state index contributed by atoms with van der Waals surface area (Å²) in [6.45, 7) is 4.07. The number of carbonyl (C=O) groups is 1. The zero-order valence-electron chi connectivity index (χ0n) is 22.1. The lowest BCUT2D eigenvalue weighted by molar-refractivity contribution is -0.172. The van der Waals surface area contributed by atoms with Crippen LogP contribution in [0.2, 0.25) is 0 Å². The summed E-state index contributed by atoms with van der Waals surface area (Å²) in [5, 5.41) is 9.87. The average molecular weight is 516 g/mol. The normalized spacial score (nSPS) is 22.6. The molecule has 0 saturated heterocycles. The molecule has 1 aliphatic carbocycles. The SMILES string of the molecule is CCO[C@H]1OC(C(=O)N(C)C2CCCCC2)=C[C@@H](c2coc3ccccc23)[C@H]1CCOCCOCCO.